The van der Waals surface area contributed by atoms with Crippen molar-refractivity contribution in [2.24, 2.45) is 0 Å². The minimum Gasteiger partial charge on any atom is -0.378 e. The van der Waals surface area contributed by atoms with E-state index in [9.17, 15) is 0 Å². The normalized spacial score (nSPS) is 35.1. The summed E-state index contributed by atoms with van der Waals surface area (Å²) in [5.74, 6) is 0. The number of rotatable bonds is 2. The largest absolute Gasteiger partial charge is 0.378 e. The van der Waals surface area contributed by atoms with Gasteiger partial charge in [0.05, 0.1) is 13.2 Å². The Kier molecular flexibility index (Phi) is 3.47. The van der Waals surface area contributed by atoms with Crippen molar-refractivity contribution in [1.29, 1.82) is 0 Å². The van der Waals surface area contributed by atoms with Crippen LogP contribution >= 0.6 is 0 Å². The zero-order chi connectivity index (χ0) is 11.7. The minimum atomic E-state index is 0.532. The smallest absolute Gasteiger partial charge is 0.0623 e. The van der Waals surface area contributed by atoms with Crippen molar-refractivity contribution in [3.05, 3.63) is 11.1 Å². The second-order valence-corrected chi connectivity index (χ2v) is 5.45. The average molecular weight is 237 g/mol. The molecule has 3 rings (SSSR count). The van der Waals surface area contributed by atoms with Crippen molar-refractivity contribution in [2.45, 2.75) is 24.9 Å². The quantitative estimate of drug-likeness (QED) is 0.661. The molecule has 0 bridgehead atoms. The van der Waals surface area contributed by atoms with Crippen LogP contribution in [0.2, 0.25) is 0 Å². The summed E-state index contributed by atoms with van der Waals surface area (Å²) in [6.07, 6.45) is 2.47. The van der Waals surface area contributed by atoms with Crippen molar-refractivity contribution in [3.63, 3.8) is 0 Å². The van der Waals surface area contributed by atoms with E-state index < -0.39 is 0 Å². The van der Waals surface area contributed by atoms with E-state index >= 15 is 0 Å². The lowest BCUT2D eigenvalue weighted by Gasteiger charge is -2.35. The van der Waals surface area contributed by atoms with Gasteiger partial charge in [-0.2, -0.15) is 0 Å². The molecular formula is C13H23N3O. The Morgan fingerprint density at radius 2 is 2.18 bits per heavy atom. The van der Waals surface area contributed by atoms with E-state index in [1.165, 1.54) is 19.4 Å². The molecule has 2 unspecified atom stereocenters. The first kappa shape index (κ1) is 11.7. The molecule has 1 fully saturated rings. The van der Waals surface area contributed by atoms with Crippen molar-refractivity contribution in [3.8, 4) is 0 Å². The molecule has 0 aliphatic carbocycles. The summed E-state index contributed by atoms with van der Waals surface area (Å²) < 4.78 is 5.71. The third-order valence-electron chi connectivity index (χ3n) is 4.34. The number of ether oxygens (including phenoxy) is 1. The van der Waals surface area contributed by atoms with Crippen LogP contribution in [-0.4, -0.2) is 63.4 Å². The molecule has 4 nitrogen and oxygen atoms in total. The molecule has 17 heavy (non-hydrogen) atoms. The van der Waals surface area contributed by atoms with Gasteiger partial charge < -0.3 is 15.4 Å². The highest BCUT2D eigenvalue weighted by atomic mass is 16.5. The van der Waals surface area contributed by atoms with Crippen molar-refractivity contribution in [1.82, 2.24) is 15.5 Å². The maximum atomic E-state index is 5.71. The van der Waals surface area contributed by atoms with Gasteiger partial charge in [0.2, 0.25) is 0 Å². The van der Waals surface area contributed by atoms with Crippen LogP contribution in [0.15, 0.2) is 11.1 Å². The van der Waals surface area contributed by atoms with E-state index in [0.717, 1.165) is 32.8 Å². The van der Waals surface area contributed by atoms with Crippen molar-refractivity contribution < 1.29 is 4.74 Å². The SMILES string of the molecule is CNC1COCC(N2CC3=C(CNCC3)C2)C1. The lowest BCUT2D eigenvalue weighted by atomic mass is 10.0. The third-order valence-corrected chi connectivity index (χ3v) is 4.34. The van der Waals surface area contributed by atoms with Crippen LogP contribution in [0.5, 0.6) is 0 Å². The number of hydrogen-bond donors (Lipinski definition) is 2. The van der Waals surface area contributed by atoms with Gasteiger partial charge in [0.25, 0.3) is 0 Å². The first-order valence-electron chi connectivity index (χ1n) is 6.76. The molecule has 3 heterocycles. The molecule has 0 aromatic heterocycles. The van der Waals surface area contributed by atoms with Gasteiger partial charge in [0, 0.05) is 31.7 Å². The van der Waals surface area contributed by atoms with Gasteiger partial charge in [0.1, 0.15) is 0 Å². The second-order valence-electron chi connectivity index (χ2n) is 5.45. The van der Waals surface area contributed by atoms with Crippen LogP contribution in [-0.2, 0) is 4.74 Å². The maximum Gasteiger partial charge on any atom is 0.0623 e. The van der Waals surface area contributed by atoms with E-state index in [-0.39, 0.29) is 0 Å². The van der Waals surface area contributed by atoms with E-state index in [1.807, 2.05) is 7.05 Å². The molecule has 0 saturated carbocycles. The highest BCUT2D eigenvalue weighted by Gasteiger charge is 2.32. The molecule has 2 atom stereocenters. The lowest BCUT2D eigenvalue weighted by Crippen LogP contribution is -2.48. The molecular weight excluding hydrogens is 214 g/mol. The van der Waals surface area contributed by atoms with Gasteiger partial charge in [-0.05, 0) is 32.0 Å². The third kappa shape index (κ3) is 2.40. The molecule has 0 aromatic rings. The molecule has 0 spiro atoms. The number of likely N-dealkylation sites (N-methyl/N-ethyl adjacent to an activating group) is 1. The van der Waals surface area contributed by atoms with E-state index in [4.69, 9.17) is 4.74 Å². The number of nitrogens with one attached hydrogen (secondary N) is 2. The number of hydrogen-bond acceptors (Lipinski definition) is 4. The highest BCUT2D eigenvalue weighted by molar-refractivity contribution is 5.27. The first-order chi connectivity index (χ1) is 8.36. The van der Waals surface area contributed by atoms with E-state index in [1.54, 1.807) is 11.1 Å². The number of nitrogens with zero attached hydrogens (tertiary/aromatic N) is 1. The predicted molar refractivity (Wildman–Crippen MR) is 68.2 cm³/mol. The molecule has 0 amide bonds. The van der Waals surface area contributed by atoms with Crippen LogP contribution in [0, 0.1) is 0 Å². The van der Waals surface area contributed by atoms with Gasteiger partial charge in [0.15, 0.2) is 0 Å². The Morgan fingerprint density at radius 3 is 3.00 bits per heavy atom. The van der Waals surface area contributed by atoms with Gasteiger partial charge in [-0.25, -0.2) is 0 Å². The molecule has 1 saturated heterocycles. The first-order valence-corrected chi connectivity index (χ1v) is 6.76. The molecule has 96 valence electrons. The molecule has 3 aliphatic heterocycles. The van der Waals surface area contributed by atoms with Gasteiger partial charge in [-0.3, -0.25) is 4.90 Å². The molecule has 2 N–H and O–H groups in total. The highest BCUT2D eigenvalue weighted by Crippen LogP contribution is 2.26. The van der Waals surface area contributed by atoms with Crippen molar-refractivity contribution >= 4 is 0 Å². The Balaban J connectivity index is 1.60. The van der Waals surface area contributed by atoms with E-state index in [0.29, 0.717) is 12.1 Å². The van der Waals surface area contributed by atoms with Crippen LogP contribution in [0.4, 0.5) is 0 Å². The van der Waals surface area contributed by atoms with Gasteiger partial charge >= 0.3 is 0 Å². The summed E-state index contributed by atoms with van der Waals surface area (Å²) in [6.45, 7) is 6.39. The minimum absolute atomic E-state index is 0.532. The molecule has 0 radical (unpaired) electrons. The van der Waals surface area contributed by atoms with Crippen molar-refractivity contribution in [2.75, 3.05) is 46.4 Å². The fourth-order valence-electron chi connectivity index (χ4n) is 3.21. The Hall–Kier alpha value is -0.420. The van der Waals surface area contributed by atoms with E-state index in [2.05, 4.69) is 15.5 Å². The maximum absolute atomic E-state index is 5.71. The zero-order valence-corrected chi connectivity index (χ0v) is 10.7. The van der Waals surface area contributed by atoms with Crippen LogP contribution in [0.1, 0.15) is 12.8 Å². The van der Waals surface area contributed by atoms with Crippen LogP contribution in [0.25, 0.3) is 0 Å². The summed E-state index contributed by atoms with van der Waals surface area (Å²) in [5.41, 5.74) is 3.33. The topological polar surface area (TPSA) is 36.5 Å². The molecule has 3 aliphatic rings. The monoisotopic (exact) mass is 237 g/mol. The Labute approximate surface area is 103 Å². The average Bonchev–Trinajstić information content (AvgIpc) is 2.82. The Bertz CT molecular complexity index is 298. The van der Waals surface area contributed by atoms with Crippen LogP contribution < -0.4 is 10.6 Å². The van der Waals surface area contributed by atoms with Gasteiger partial charge in [-0.15, -0.1) is 0 Å². The standard InChI is InChI=1S/C13H23N3O/c1-14-12-4-13(9-17-8-12)16-6-10-2-3-15-5-11(10)7-16/h12-15H,2-9H2,1H3. The predicted octanol–water partition coefficient (Wildman–Crippen LogP) is -0.0312. The lowest BCUT2D eigenvalue weighted by molar-refractivity contribution is 0.00933. The summed E-state index contributed by atoms with van der Waals surface area (Å²) in [5, 5.41) is 6.81. The zero-order valence-electron chi connectivity index (χ0n) is 10.7. The summed E-state index contributed by atoms with van der Waals surface area (Å²) in [7, 11) is 2.04. The fourth-order valence-corrected chi connectivity index (χ4v) is 3.21. The summed E-state index contributed by atoms with van der Waals surface area (Å²) >= 11 is 0. The molecule has 4 heteroatoms. The van der Waals surface area contributed by atoms with Gasteiger partial charge in [-0.1, -0.05) is 5.57 Å². The fraction of sp³-hybridized carbons (Fsp3) is 0.846. The molecule has 0 aromatic carbocycles. The van der Waals surface area contributed by atoms with Crippen LogP contribution in [0.3, 0.4) is 0 Å². The second kappa shape index (κ2) is 5.06. The summed E-state index contributed by atoms with van der Waals surface area (Å²) in [4.78, 5) is 2.61. The summed E-state index contributed by atoms with van der Waals surface area (Å²) in [6, 6.07) is 1.14. The Morgan fingerprint density at radius 1 is 1.29 bits per heavy atom.